The van der Waals surface area contributed by atoms with E-state index in [9.17, 15) is 4.39 Å². The van der Waals surface area contributed by atoms with Gasteiger partial charge in [0.2, 0.25) is 0 Å². The summed E-state index contributed by atoms with van der Waals surface area (Å²) in [6.07, 6.45) is 0. The van der Waals surface area contributed by atoms with Crippen LogP contribution in [0.1, 0.15) is 11.6 Å². The summed E-state index contributed by atoms with van der Waals surface area (Å²) in [4.78, 5) is 4.00. The van der Waals surface area contributed by atoms with Gasteiger partial charge in [-0.3, -0.25) is 4.99 Å². The number of aliphatic imine (C=N–C) groups is 1. The maximum Gasteiger partial charge on any atom is 0.189 e. The molecule has 0 saturated heterocycles. The van der Waals surface area contributed by atoms with Crippen LogP contribution < -0.4 is 11.1 Å². The molecule has 5 heteroatoms. The molecule has 0 fully saturated rings. The molecule has 74 valence electrons. The largest absolute Gasteiger partial charge is 0.370 e. The van der Waals surface area contributed by atoms with Crippen molar-refractivity contribution in [3.05, 3.63) is 34.1 Å². The summed E-state index contributed by atoms with van der Waals surface area (Å²) in [6.45, 7) is 0.549. The van der Waals surface area contributed by atoms with Gasteiger partial charge in [0.15, 0.2) is 5.96 Å². The van der Waals surface area contributed by atoms with Gasteiger partial charge >= 0.3 is 0 Å². The van der Waals surface area contributed by atoms with E-state index in [1.807, 2.05) is 0 Å². The summed E-state index contributed by atoms with van der Waals surface area (Å²) in [6, 6.07) is 4.55. The molecule has 0 bridgehead atoms. The molecule has 0 aromatic heterocycles. The molecule has 2 rings (SSSR count). The average molecular weight is 258 g/mol. The first-order valence-electron chi connectivity index (χ1n) is 4.18. The lowest BCUT2D eigenvalue weighted by Gasteiger charge is -2.12. The van der Waals surface area contributed by atoms with Gasteiger partial charge in [0.25, 0.3) is 0 Å². The first kappa shape index (κ1) is 9.45. The minimum atomic E-state index is -0.254. The third kappa shape index (κ3) is 1.72. The van der Waals surface area contributed by atoms with Gasteiger partial charge < -0.3 is 11.1 Å². The van der Waals surface area contributed by atoms with E-state index < -0.39 is 0 Å². The Labute approximate surface area is 89.3 Å². The zero-order chi connectivity index (χ0) is 10.1. The van der Waals surface area contributed by atoms with Gasteiger partial charge in [0.05, 0.1) is 12.6 Å². The molecule has 1 aromatic carbocycles. The highest BCUT2D eigenvalue weighted by Crippen LogP contribution is 2.26. The molecule has 14 heavy (non-hydrogen) atoms. The highest BCUT2D eigenvalue weighted by Gasteiger charge is 2.19. The Bertz CT molecular complexity index is 392. The molecule has 1 aliphatic heterocycles. The van der Waals surface area contributed by atoms with E-state index in [2.05, 4.69) is 26.2 Å². The van der Waals surface area contributed by atoms with Crippen molar-refractivity contribution < 1.29 is 4.39 Å². The number of nitrogens with zero attached hydrogens (tertiary/aromatic N) is 1. The summed E-state index contributed by atoms with van der Waals surface area (Å²) in [5.41, 5.74) is 6.32. The summed E-state index contributed by atoms with van der Waals surface area (Å²) < 4.78 is 13.8. The lowest BCUT2D eigenvalue weighted by molar-refractivity contribution is 0.616. The maximum absolute atomic E-state index is 13.0. The molecule has 3 nitrogen and oxygen atoms in total. The average Bonchev–Trinajstić information content (AvgIpc) is 2.56. The Morgan fingerprint density at radius 3 is 3.00 bits per heavy atom. The molecule has 1 aliphatic rings. The van der Waals surface area contributed by atoms with Crippen molar-refractivity contribution in [3.8, 4) is 0 Å². The van der Waals surface area contributed by atoms with Gasteiger partial charge in [-0.1, -0.05) is 15.9 Å². The van der Waals surface area contributed by atoms with Crippen LogP contribution in [0.5, 0.6) is 0 Å². The monoisotopic (exact) mass is 257 g/mol. The normalized spacial score (nSPS) is 20.4. The van der Waals surface area contributed by atoms with Crippen LogP contribution in [0.3, 0.4) is 0 Å². The van der Waals surface area contributed by atoms with Crippen LogP contribution in [-0.4, -0.2) is 12.5 Å². The van der Waals surface area contributed by atoms with Crippen molar-refractivity contribution in [1.82, 2.24) is 5.32 Å². The molecule has 0 aliphatic carbocycles. The Balaban J connectivity index is 2.28. The number of guanidine groups is 1. The quantitative estimate of drug-likeness (QED) is 0.802. The van der Waals surface area contributed by atoms with Crippen LogP contribution in [0.2, 0.25) is 0 Å². The van der Waals surface area contributed by atoms with Crippen molar-refractivity contribution in [2.75, 3.05) is 6.54 Å². The maximum atomic E-state index is 13.0. The fourth-order valence-corrected chi connectivity index (χ4v) is 1.94. The van der Waals surface area contributed by atoms with Crippen LogP contribution in [0.25, 0.3) is 0 Å². The first-order chi connectivity index (χ1) is 6.66. The Morgan fingerprint density at radius 1 is 1.57 bits per heavy atom. The molecule has 0 saturated carbocycles. The van der Waals surface area contributed by atoms with Crippen LogP contribution in [0.4, 0.5) is 4.39 Å². The van der Waals surface area contributed by atoms with Crippen LogP contribution in [0, 0.1) is 5.82 Å². The minimum Gasteiger partial charge on any atom is -0.370 e. The molecule has 3 N–H and O–H groups in total. The third-order valence-electron chi connectivity index (χ3n) is 2.10. The van der Waals surface area contributed by atoms with E-state index in [-0.39, 0.29) is 11.9 Å². The predicted octanol–water partition coefficient (Wildman–Crippen LogP) is 1.55. The van der Waals surface area contributed by atoms with Gasteiger partial charge in [0, 0.05) is 4.47 Å². The number of nitrogens with one attached hydrogen (secondary N) is 1. The number of benzene rings is 1. The van der Waals surface area contributed by atoms with Crippen molar-refractivity contribution in [2.45, 2.75) is 6.04 Å². The lowest BCUT2D eigenvalue weighted by atomic mass is 10.1. The lowest BCUT2D eigenvalue weighted by Crippen LogP contribution is -2.29. The number of nitrogens with two attached hydrogens (primary N) is 1. The Morgan fingerprint density at radius 2 is 2.36 bits per heavy atom. The van der Waals surface area contributed by atoms with Crippen LogP contribution in [-0.2, 0) is 0 Å². The van der Waals surface area contributed by atoms with Crippen molar-refractivity contribution in [1.29, 1.82) is 0 Å². The van der Waals surface area contributed by atoms with Gasteiger partial charge in [-0.15, -0.1) is 0 Å². The number of halogens is 2. The number of rotatable bonds is 1. The van der Waals surface area contributed by atoms with E-state index in [0.29, 0.717) is 12.5 Å². The second-order valence-corrected chi connectivity index (χ2v) is 3.94. The van der Waals surface area contributed by atoms with E-state index in [1.54, 1.807) is 6.07 Å². The molecule has 1 heterocycles. The van der Waals surface area contributed by atoms with Gasteiger partial charge in [-0.2, -0.15) is 0 Å². The topological polar surface area (TPSA) is 50.4 Å². The summed E-state index contributed by atoms with van der Waals surface area (Å²) in [7, 11) is 0. The minimum absolute atomic E-state index is 0.0277. The van der Waals surface area contributed by atoms with E-state index in [1.165, 1.54) is 12.1 Å². The molecule has 0 spiro atoms. The van der Waals surface area contributed by atoms with Crippen LogP contribution >= 0.6 is 15.9 Å². The number of hydrogen-bond donors (Lipinski definition) is 2. The van der Waals surface area contributed by atoms with Crippen molar-refractivity contribution >= 4 is 21.9 Å². The smallest absolute Gasteiger partial charge is 0.189 e. The number of hydrogen-bond acceptors (Lipinski definition) is 3. The fraction of sp³-hybridized carbons (Fsp3) is 0.222. The van der Waals surface area contributed by atoms with E-state index in [4.69, 9.17) is 5.73 Å². The summed E-state index contributed by atoms with van der Waals surface area (Å²) >= 11 is 3.36. The third-order valence-corrected chi connectivity index (χ3v) is 2.82. The van der Waals surface area contributed by atoms with E-state index >= 15 is 0 Å². The molecule has 0 radical (unpaired) electrons. The molecule has 1 atom stereocenters. The Kier molecular flexibility index (Phi) is 2.41. The zero-order valence-corrected chi connectivity index (χ0v) is 8.88. The first-order valence-corrected chi connectivity index (χ1v) is 4.97. The second kappa shape index (κ2) is 3.57. The highest BCUT2D eigenvalue weighted by molar-refractivity contribution is 9.10. The second-order valence-electron chi connectivity index (χ2n) is 3.09. The zero-order valence-electron chi connectivity index (χ0n) is 7.30. The van der Waals surface area contributed by atoms with Gasteiger partial charge in [-0.25, -0.2) is 4.39 Å². The van der Waals surface area contributed by atoms with Gasteiger partial charge in [-0.05, 0) is 23.8 Å². The molecular formula is C9H9BrFN3. The molecule has 1 aromatic rings. The standard InChI is InChI=1S/C9H9BrFN3/c10-7-2-1-5(11)3-6(7)8-4-13-9(12)14-8/h1-3,8H,4H2,(H3,12,13,14). The Hall–Kier alpha value is -1.10. The molecule has 1 unspecified atom stereocenters. The van der Waals surface area contributed by atoms with E-state index in [0.717, 1.165) is 10.0 Å². The van der Waals surface area contributed by atoms with Crippen molar-refractivity contribution in [3.63, 3.8) is 0 Å². The molecular weight excluding hydrogens is 249 g/mol. The fourth-order valence-electron chi connectivity index (χ4n) is 1.42. The predicted molar refractivity (Wildman–Crippen MR) is 56.5 cm³/mol. The molecule has 0 amide bonds. The highest BCUT2D eigenvalue weighted by atomic mass is 79.9. The van der Waals surface area contributed by atoms with Gasteiger partial charge in [0.1, 0.15) is 5.82 Å². The summed E-state index contributed by atoms with van der Waals surface area (Å²) in [5, 5.41) is 2.97. The summed E-state index contributed by atoms with van der Waals surface area (Å²) in [5.74, 6) is 0.154. The van der Waals surface area contributed by atoms with Crippen LogP contribution in [0.15, 0.2) is 27.7 Å². The SMILES string of the molecule is NC1=NCC(c2cc(F)ccc2Br)N1. The van der Waals surface area contributed by atoms with Crippen molar-refractivity contribution in [2.24, 2.45) is 10.7 Å².